The molecule has 1 atom stereocenters. The first kappa shape index (κ1) is 23.4. The van der Waals surface area contributed by atoms with Crippen molar-refractivity contribution in [1.29, 1.82) is 0 Å². The number of piperazine rings is 1. The number of hydrogen-bond donors (Lipinski definition) is 1. The van der Waals surface area contributed by atoms with Crippen molar-refractivity contribution < 1.29 is 4.79 Å². The maximum Gasteiger partial charge on any atom is 0.252 e. The van der Waals surface area contributed by atoms with Crippen molar-refractivity contribution in [3.05, 3.63) is 65.6 Å². The Morgan fingerprint density at radius 3 is 2.64 bits per heavy atom. The van der Waals surface area contributed by atoms with Crippen molar-refractivity contribution in [2.24, 2.45) is 0 Å². The molecule has 1 fully saturated rings. The second-order valence-corrected chi connectivity index (χ2v) is 8.70. The van der Waals surface area contributed by atoms with Crippen LogP contribution in [0.5, 0.6) is 0 Å². The molecule has 1 aliphatic heterocycles. The monoisotopic (exact) mass is 449 g/mol. The van der Waals surface area contributed by atoms with Crippen LogP contribution in [0.25, 0.3) is 5.65 Å². The molecule has 0 unspecified atom stereocenters. The topological polar surface area (TPSA) is 69.0 Å². The van der Waals surface area contributed by atoms with E-state index in [4.69, 9.17) is 0 Å². The molecule has 8 heteroatoms. The summed E-state index contributed by atoms with van der Waals surface area (Å²) in [5, 5.41) is 11.9. The van der Waals surface area contributed by atoms with Gasteiger partial charge in [-0.3, -0.25) is 19.0 Å². The maximum atomic E-state index is 12.8. The van der Waals surface area contributed by atoms with Gasteiger partial charge in [0.25, 0.3) is 5.91 Å². The predicted molar refractivity (Wildman–Crippen MR) is 130 cm³/mol. The fourth-order valence-corrected chi connectivity index (χ4v) is 4.43. The van der Waals surface area contributed by atoms with Gasteiger partial charge in [0.1, 0.15) is 0 Å². The van der Waals surface area contributed by atoms with Crippen molar-refractivity contribution >= 4 is 11.6 Å². The van der Waals surface area contributed by atoms with Crippen LogP contribution >= 0.6 is 0 Å². The first-order valence-electron chi connectivity index (χ1n) is 11.9. The van der Waals surface area contributed by atoms with Crippen molar-refractivity contribution in [1.82, 2.24) is 34.6 Å². The smallest absolute Gasteiger partial charge is 0.252 e. The summed E-state index contributed by atoms with van der Waals surface area (Å²) in [4.78, 5) is 19.9. The third-order valence-corrected chi connectivity index (χ3v) is 6.58. The van der Waals surface area contributed by atoms with Gasteiger partial charge in [0.2, 0.25) is 0 Å². The largest absolute Gasteiger partial charge is 0.351 e. The number of benzene rings is 1. The Kier molecular flexibility index (Phi) is 7.69. The molecular formula is C25H35N7O. The molecule has 176 valence electrons. The van der Waals surface area contributed by atoms with Gasteiger partial charge >= 0.3 is 0 Å². The molecule has 1 N–H and O–H groups in total. The zero-order valence-electron chi connectivity index (χ0n) is 19.9. The molecule has 1 amide bonds. The van der Waals surface area contributed by atoms with E-state index < -0.39 is 0 Å². The van der Waals surface area contributed by atoms with Crippen molar-refractivity contribution in [2.75, 3.05) is 52.9 Å². The lowest BCUT2D eigenvalue weighted by Crippen LogP contribution is -2.46. The van der Waals surface area contributed by atoms with Crippen LogP contribution in [0.1, 0.15) is 41.6 Å². The van der Waals surface area contributed by atoms with E-state index in [9.17, 15) is 4.79 Å². The molecule has 1 saturated heterocycles. The van der Waals surface area contributed by atoms with Crippen LogP contribution in [0.15, 0.2) is 48.7 Å². The number of rotatable bonds is 9. The van der Waals surface area contributed by atoms with Crippen LogP contribution < -0.4 is 5.32 Å². The van der Waals surface area contributed by atoms with Gasteiger partial charge in [-0.05, 0) is 37.8 Å². The lowest BCUT2D eigenvalue weighted by Gasteiger charge is -2.38. The molecule has 0 spiro atoms. The van der Waals surface area contributed by atoms with E-state index in [-0.39, 0.29) is 11.9 Å². The molecule has 8 nitrogen and oxygen atoms in total. The van der Waals surface area contributed by atoms with Crippen LogP contribution in [-0.2, 0) is 6.54 Å². The lowest BCUT2D eigenvalue weighted by molar-refractivity contribution is 0.0852. The Labute approximate surface area is 196 Å². The number of nitrogens with zero attached hydrogens (tertiary/aromatic N) is 6. The van der Waals surface area contributed by atoms with Crippen LogP contribution in [-0.4, -0.2) is 88.1 Å². The molecule has 0 bridgehead atoms. The predicted octanol–water partition coefficient (Wildman–Crippen LogP) is 2.29. The van der Waals surface area contributed by atoms with E-state index in [2.05, 4.69) is 81.4 Å². The molecule has 3 heterocycles. The minimum Gasteiger partial charge on any atom is -0.351 e. The van der Waals surface area contributed by atoms with Crippen molar-refractivity contribution in [3.63, 3.8) is 0 Å². The molecule has 0 aliphatic carbocycles. The third-order valence-electron chi connectivity index (χ3n) is 6.58. The summed E-state index contributed by atoms with van der Waals surface area (Å²) in [6.45, 7) is 11.5. The van der Waals surface area contributed by atoms with Crippen molar-refractivity contribution in [2.45, 2.75) is 26.4 Å². The summed E-state index contributed by atoms with van der Waals surface area (Å²) in [6, 6.07) is 14.4. The van der Waals surface area contributed by atoms with E-state index in [0.29, 0.717) is 12.1 Å². The molecular weight excluding hydrogens is 414 g/mol. The van der Waals surface area contributed by atoms with Crippen LogP contribution in [0.2, 0.25) is 0 Å². The van der Waals surface area contributed by atoms with Gasteiger partial charge in [0.05, 0.1) is 11.6 Å². The number of pyridine rings is 1. The molecule has 3 aromatic rings. The summed E-state index contributed by atoms with van der Waals surface area (Å²) in [7, 11) is 2.13. The van der Waals surface area contributed by atoms with Crippen LogP contribution in [0.3, 0.4) is 0 Å². The van der Waals surface area contributed by atoms with Gasteiger partial charge in [-0.1, -0.05) is 44.2 Å². The number of fused-ring (bicyclic) bond motifs is 1. The molecule has 33 heavy (non-hydrogen) atoms. The Morgan fingerprint density at radius 2 is 1.88 bits per heavy atom. The van der Waals surface area contributed by atoms with Gasteiger partial charge < -0.3 is 10.2 Å². The highest BCUT2D eigenvalue weighted by Crippen LogP contribution is 2.24. The first-order valence-corrected chi connectivity index (χ1v) is 11.9. The summed E-state index contributed by atoms with van der Waals surface area (Å²) in [6.07, 6.45) is 1.88. The zero-order valence-corrected chi connectivity index (χ0v) is 19.9. The van der Waals surface area contributed by atoms with Gasteiger partial charge in [-0.2, -0.15) is 0 Å². The second kappa shape index (κ2) is 10.9. The average Bonchev–Trinajstić information content (AvgIpc) is 3.26. The number of nitrogens with one attached hydrogen (secondary N) is 1. The summed E-state index contributed by atoms with van der Waals surface area (Å²) in [5.74, 6) is 0.814. The summed E-state index contributed by atoms with van der Waals surface area (Å²) >= 11 is 0. The minimum atomic E-state index is -0.0635. The standard InChI is InChI=1S/C25H35N7O/c1-4-30(5-2)14-13-26-25(33)21-11-12-23-27-28-24(32(23)18-21)22-19-31(16-15-29(22)3)17-20-9-7-6-8-10-20/h6-12,18,22H,4-5,13-17,19H2,1-3H3,(H,26,33)/t22-/m1/s1. The summed E-state index contributed by atoms with van der Waals surface area (Å²) < 4.78 is 1.98. The highest BCUT2D eigenvalue weighted by molar-refractivity contribution is 5.94. The normalized spacial score (nSPS) is 17.6. The van der Waals surface area contributed by atoms with Crippen LogP contribution in [0, 0.1) is 0 Å². The SMILES string of the molecule is CCN(CC)CCNC(=O)c1ccc2nnc([C@H]3CN(Cc4ccccc4)CCN3C)n2c1. The quantitative estimate of drug-likeness (QED) is 0.541. The maximum absolute atomic E-state index is 12.8. The Morgan fingerprint density at radius 1 is 1.09 bits per heavy atom. The van der Waals surface area contributed by atoms with E-state index in [1.54, 1.807) is 0 Å². The number of amides is 1. The second-order valence-electron chi connectivity index (χ2n) is 8.70. The van der Waals surface area contributed by atoms with Crippen molar-refractivity contribution in [3.8, 4) is 0 Å². The average molecular weight is 450 g/mol. The van der Waals surface area contributed by atoms with E-state index in [1.165, 1.54) is 5.56 Å². The van der Waals surface area contributed by atoms with Gasteiger partial charge in [-0.25, -0.2) is 0 Å². The summed E-state index contributed by atoms with van der Waals surface area (Å²) in [5.41, 5.74) is 2.71. The number of hydrogen-bond acceptors (Lipinski definition) is 6. The molecule has 0 radical (unpaired) electrons. The van der Waals surface area contributed by atoms with Gasteiger partial charge in [0.15, 0.2) is 11.5 Å². The third kappa shape index (κ3) is 5.58. The van der Waals surface area contributed by atoms with Gasteiger partial charge in [0, 0.05) is 45.5 Å². The number of aromatic nitrogens is 3. The van der Waals surface area contributed by atoms with E-state index in [1.807, 2.05) is 22.7 Å². The number of carbonyl (C=O) groups excluding carboxylic acids is 1. The van der Waals surface area contributed by atoms with Gasteiger partial charge in [-0.15, -0.1) is 10.2 Å². The molecule has 1 aliphatic rings. The number of likely N-dealkylation sites (N-methyl/N-ethyl adjacent to an activating group) is 2. The zero-order chi connectivity index (χ0) is 23.2. The molecule has 0 saturated carbocycles. The van der Waals surface area contributed by atoms with E-state index in [0.717, 1.165) is 57.3 Å². The highest BCUT2D eigenvalue weighted by Gasteiger charge is 2.29. The number of carbonyl (C=O) groups is 1. The Balaban J connectivity index is 1.48. The fourth-order valence-electron chi connectivity index (χ4n) is 4.43. The Hall–Kier alpha value is -2.81. The fraction of sp³-hybridized carbons (Fsp3) is 0.480. The molecule has 1 aromatic carbocycles. The van der Waals surface area contributed by atoms with E-state index >= 15 is 0 Å². The lowest BCUT2D eigenvalue weighted by atomic mass is 10.1. The minimum absolute atomic E-state index is 0.0635. The highest BCUT2D eigenvalue weighted by atomic mass is 16.1. The molecule has 2 aromatic heterocycles. The Bertz CT molecular complexity index is 1050. The molecule has 4 rings (SSSR count). The van der Waals surface area contributed by atoms with Crippen LogP contribution in [0.4, 0.5) is 0 Å². The first-order chi connectivity index (χ1) is 16.1.